The van der Waals surface area contributed by atoms with Gasteiger partial charge in [0.2, 0.25) is 5.91 Å². The van der Waals surface area contributed by atoms with Crippen LogP contribution in [-0.4, -0.2) is 36.5 Å². The van der Waals surface area contributed by atoms with Crippen LogP contribution in [0.2, 0.25) is 10.0 Å². The summed E-state index contributed by atoms with van der Waals surface area (Å²) in [6.45, 7) is 0.647. The fourth-order valence-corrected chi connectivity index (χ4v) is 3.06. The van der Waals surface area contributed by atoms with Crippen LogP contribution in [-0.2, 0) is 14.3 Å². The van der Waals surface area contributed by atoms with Crippen molar-refractivity contribution in [2.24, 2.45) is 0 Å². The van der Waals surface area contributed by atoms with Gasteiger partial charge in [0.15, 0.2) is 0 Å². The van der Waals surface area contributed by atoms with Crippen molar-refractivity contribution in [3.8, 4) is 0 Å². The number of rotatable bonds is 4. The molecule has 4 nitrogen and oxygen atoms in total. The Balaban J connectivity index is 2.09. The van der Waals surface area contributed by atoms with E-state index in [0.717, 1.165) is 19.3 Å². The summed E-state index contributed by atoms with van der Waals surface area (Å²) in [4.78, 5) is 25.7. The number of benzene rings is 1. The summed E-state index contributed by atoms with van der Waals surface area (Å²) in [6, 6.07) is 5.16. The second-order valence-corrected chi connectivity index (χ2v) is 6.22. The highest BCUT2D eigenvalue weighted by Gasteiger charge is 2.27. The molecule has 6 heteroatoms. The highest BCUT2D eigenvalue weighted by atomic mass is 35.5. The van der Waals surface area contributed by atoms with E-state index in [4.69, 9.17) is 27.9 Å². The van der Waals surface area contributed by atoms with Crippen molar-refractivity contribution < 1.29 is 14.3 Å². The molecule has 1 aliphatic heterocycles. The predicted octanol–water partition coefficient (Wildman–Crippen LogP) is 3.95. The maximum Gasteiger partial charge on any atom is 0.307 e. The average molecular weight is 356 g/mol. The highest BCUT2D eigenvalue weighted by Crippen LogP contribution is 2.27. The Morgan fingerprint density at radius 3 is 2.87 bits per heavy atom. The molecule has 0 bridgehead atoms. The van der Waals surface area contributed by atoms with Crippen molar-refractivity contribution in [1.82, 2.24) is 4.90 Å². The molecule has 23 heavy (non-hydrogen) atoms. The lowest BCUT2D eigenvalue weighted by Gasteiger charge is -2.34. The van der Waals surface area contributed by atoms with Gasteiger partial charge in [-0.25, -0.2) is 0 Å². The van der Waals surface area contributed by atoms with Crippen LogP contribution in [0.15, 0.2) is 24.3 Å². The molecule has 1 aliphatic rings. The van der Waals surface area contributed by atoms with Gasteiger partial charge in [0.1, 0.15) is 0 Å². The topological polar surface area (TPSA) is 46.6 Å². The number of halogens is 2. The number of methoxy groups -OCH3 is 1. The summed E-state index contributed by atoms with van der Waals surface area (Å²) >= 11 is 12.1. The summed E-state index contributed by atoms with van der Waals surface area (Å²) < 4.78 is 4.71. The van der Waals surface area contributed by atoms with Crippen molar-refractivity contribution in [2.75, 3.05) is 13.7 Å². The lowest BCUT2D eigenvalue weighted by molar-refractivity contribution is -0.143. The molecule has 1 unspecified atom stereocenters. The van der Waals surface area contributed by atoms with E-state index in [1.54, 1.807) is 29.2 Å². The van der Waals surface area contributed by atoms with E-state index in [0.29, 0.717) is 22.2 Å². The minimum absolute atomic E-state index is 0.108. The number of hydrogen-bond donors (Lipinski definition) is 0. The van der Waals surface area contributed by atoms with E-state index in [2.05, 4.69) is 0 Å². The van der Waals surface area contributed by atoms with E-state index < -0.39 is 0 Å². The Kier molecular flexibility index (Phi) is 6.48. The lowest BCUT2D eigenvalue weighted by Crippen LogP contribution is -2.44. The summed E-state index contributed by atoms with van der Waals surface area (Å²) in [6.07, 6.45) is 6.12. The molecule has 1 atom stereocenters. The Morgan fingerprint density at radius 1 is 1.35 bits per heavy atom. The van der Waals surface area contributed by atoms with Gasteiger partial charge >= 0.3 is 5.97 Å². The number of nitrogens with zero attached hydrogens (tertiary/aromatic N) is 1. The molecule has 124 valence electrons. The van der Waals surface area contributed by atoms with E-state index in [9.17, 15) is 9.59 Å². The monoisotopic (exact) mass is 355 g/mol. The summed E-state index contributed by atoms with van der Waals surface area (Å²) in [5.41, 5.74) is 0.689. The van der Waals surface area contributed by atoms with Crippen molar-refractivity contribution >= 4 is 41.2 Å². The number of amides is 1. The SMILES string of the molecule is COC(=O)CC1CCCCN1C(=O)C=Cc1cccc(Cl)c1Cl. The molecule has 0 aliphatic carbocycles. The number of ether oxygens (including phenoxy) is 1. The first kappa shape index (κ1) is 17.8. The molecule has 1 aromatic carbocycles. The number of esters is 1. The van der Waals surface area contributed by atoms with Crippen LogP contribution in [0.25, 0.3) is 6.08 Å². The number of hydrogen-bond acceptors (Lipinski definition) is 3. The van der Waals surface area contributed by atoms with Gasteiger partial charge in [0.05, 0.1) is 23.6 Å². The van der Waals surface area contributed by atoms with Crippen LogP contribution in [0.3, 0.4) is 0 Å². The third kappa shape index (κ3) is 4.72. The van der Waals surface area contributed by atoms with E-state index >= 15 is 0 Å². The van der Waals surface area contributed by atoms with Crippen LogP contribution in [0.1, 0.15) is 31.2 Å². The zero-order valence-corrected chi connectivity index (χ0v) is 14.4. The zero-order chi connectivity index (χ0) is 16.8. The fourth-order valence-electron chi connectivity index (χ4n) is 2.68. The predicted molar refractivity (Wildman–Crippen MR) is 91.5 cm³/mol. The van der Waals surface area contributed by atoms with Gasteiger partial charge < -0.3 is 9.64 Å². The molecule has 0 saturated carbocycles. The van der Waals surface area contributed by atoms with Gasteiger partial charge in [-0.15, -0.1) is 0 Å². The maximum atomic E-state index is 12.5. The zero-order valence-electron chi connectivity index (χ0n) is 12.9. The van der Waals surface area contributed by atoms with E-state index in [1.165, 1.54) is 13.2 Å². The quantitative estimate of drug-likeness (QED) is 0.606. The van der Waals surface area contributed by atoms with Gasteiger partial charge in [0.25, 0.3) is 0 Å². The van der Waals surface area contributed by atoms with Crippen LogP contribution >= 0.6 is 23.2 Å². The van der Waals surface area contributed by atoms with Gasteiger partial charge in [-0.3, -0.25) is 9.59 Å². The van der Waals surface area contributed by atoms with Crippen LogP contribution < -0.4 is 0 Å². The lowest BCUT2D eigenvalue weighted by atomic mass is 9.99. The Morgan fingerprint density at radius 2 is 2.13 bits per heavy atom. The van der Waals surface area contributed by atoms with Crippen LogP contribution in [0, 0.1) is 0 Å². The Labute approximate surface area is 146 Å². The Hall–Kier alpha value is -1.52. The van der Waals surface area contributed by atoms with Gasteiger partial charge in [-0.1, -0.05) is 35.3 Å². The van der Waals surface area contributed by atoms with Crippen molar-refractivity contribution in [2.45, 2.75) is 31.7 Å². The highest BCUT2D eigenvalue weighted by molar-refractivity contribution is 6.42. The molecule has 1 heterocycles. The first-order valence-corrected chi connectivity index (χ1v) is 8.28. The number of likely N-dealkylation sites (tertiary alicyclic amines) is 1. The largest absolute Gasteiger partial charge is 0.469 e. The van der Waals surface area contributed by atoms with Crippen molar-refractivity contribution in [1.29, 1.82) is 0 Å². The molecule has 0 N–H and O–H groups in total. The fraction of sp³-hybridized carbons (Fsp3) is 0.412. The summed E-state index contributed by atoms with van der Waals surface area (Å²) in [5.74, 6) is -0.425. The first-order valence-electron chi connectivity index (χ1n) is 7.52. The molecular formula is C17H19Cl2NO3. The van der Waals surface area contributed by atoms with Crippen LogP contribution in [0.5, 0.6) is 0 Å². The second-order valence-electron chi connectivity index (χ2n) is 5.44. The van der Waals surface area contributed by atoms with Gasteiger partial charge in [-0.2, -0.15) is 0 Å². The average Bonchev–Trinajstić information content (AvgIpc) is 2.56. The molecule has 0 spiro atoms. The minimum atomic E-state index is -0.295. The summed E-state index contributed by atoms with van der Waals surface area (Å²) in [5, 5.41) is 0.866. The van der Waals surface area contributed by atoms with Crippen molar-refractivity contribution in [3.05, 3.63) is 39.9 Å². The standard InChI is InChI=1S/C17H19Cl2NO3/c1-23-16(22)11-13-6-2-3-10-20(13)15(21)9-8-12-5-4-7-14(18)17(12)19/h4-5,7-9,13H,2-3,6,10-11H2,1H3. The number of piperidine rings is 1. The van der Waals surface area contributed by atoms with E-state index in [-0.39, 0.29) is 24.3 Å². The Bertz CT molecular complexity index is 616. The normalized spacial score (nSPS) is 18.2. The van der Waals surface area contributed by atoms with Gasteiger partial charge in [-0.05, 0) is 37.0 Å². The minimum Gasteiger partial charge on any atom is -0.469 e. The molecule has 1 amide bonds. The number of carbonyl (C=O) groups excluding carboxylic acids is 2. The summed E-state index contributed by atoms with van der Waals surface area (Å²) in [7, 11) is 1.36. The molecule has 0 radical (unpaired) electrons. The van der Waals surface area contributed by atoms with Gasteiger partial charge in [0, 0.05) is 18.7 Å². The maximum absolute atomic E-state index is 12.5. The molecule has 0 aromatic heterocycles. The number of carbonyl (C=O) groups is 2. The molecular weight excluding hydrogens is 337 g/mol. The smallest absolute Gasteiger partial charge is 0.307 e. The van der Waals surface area contributed by atoms with E-state index in [1.807, 2.05) is 0 Å². The second kappa shape index (κ2) is 8.37. The molecule has 2 rings (SSSR count). The molecule has 1 saturated heterocycles. The first-order chi connectivity index (χ1) is 11.0. The molecule has 1 aromatic rings. The molecule has 1 fully saturated rings. The third-order valence-electron chi connectivity index (χ3n) is 3.93. The van der Waals surface area contributed by atoms with Crippen LogP contribution in [0.4, 0.5) is 0 Å². The third-order valence-corrected chi connectivity index (χ3v) is 4.76. The van der Waals surface area contributed by atoms with Crippen molar-refractivity contribution in [3.63, 3.8) is 0 Å².